The number of rotatable bonds is 8. The third-order valence-electron chi connectivity index (χ3n) is 6.03. The van der Waals surface area contributed by atoms with E-state index in [1.807, 2.05) is 0 Å². The summed E-state index contributed by atoms with van der Waals surface area (Å²) in [5.41, 5.74) is -0.229. The molecule has 0 spiro atoms. The van der Waals surface area contributed by atoms with Crippen LogP contribution < -0.4 is 15.4 Å². The molecule has 1 fully saturated rings. The molecule has 12 heteroatoms. The van der Waals surface area contributed by atoms with Crippen LogP contribution in [0.3, 0.4) is 0 Å². The monoisotopic (exact) mass is 549 g/mol. The van der Waals surface area contributed by atoms with Crippen LogP contribution in [0.5, 0.6) is 5.88 Å². The quantitative estimate of drug-likeness (QED) is 0.390. The third-order valence-corrected chi connectivity index (χ3v) is 6.55. The summed E-state index contributed by atoms with van der Waals surface area (Å²) in [4.78, 5) is 37.7. The predicted octanol–water partition coefficient (Wildman–Crippen LogP) is 4.72. The number of esters is 1. The summed E-state index contributed by atoms with van der Waals surface area (Å²) in [6, 6.07) is 7.76. The van der Waals surface area contributed by atoms with Crippen molar-refractivity contribution in [1.82, 2.24) is 15.8 Å². The minimum Gasteiger partial charge on any atom is -0.479 e. The van der Waals surface area contributed by atoms with Gasteiger partial charge in [-0.2, -0.15) is 0 Å². The van der Waals surface area contributed by atoms with Gasteiger partial charge >= 0.3 is 5.97 Å². The number of methoxy groups -OCH3 is 2. The van der Waals surface area contributed by atoms with E-state index in [9.17, 15) is 14.4 Å². The molecule has 2 aromatic carbocycles. The summed E-state index contributed by atoms with van der Waals surface area (Å²) >= 11 is 12.3. The number of nitrogens with one attached hydrogen (secondary N) is 2. The highest BCUT2D eigenvalue weighted by Crippen LogP contribution is 2.38. The first-order valence-corrected chi connectivity index (χ1v) is 11.9. The first kappa shape index (κ1) is 26.4. The van der Waals surface area contributed by atoms with Gasteiger partial charge in [0.05, 0.1) is 36.9 Å². The van der Waals surface area contributed by atoms with E-state index in [1.165, 1.54) is 44.6 Å². The van der Waals surface area contributed by atoms with Crippen LogP contribution in [0.15, 0.2) is 40.9 Å². The summed E-state index contributed by atoms with van der Waals surface area (Å²) in [5, 5.41) is 9.30. The fourth-order valence-corrected chi connectivity index (χ4v) is 4.41. The number of halogens is 3. The van der Waals surface area contributed by atoms with Crippen molar-refractivity contribution in [2.45, 2.75) is 31.3 Å². The molecule has 1 heterocycles. The first-order valence-electron chi connectivity index (χ1n) is 11.1. The zero-order chi connectivity index (χ0) is 26.9. The van der Waals surface area contributed by atoms with Crippen LogP contribution in [-0.2, 0) is 9.53 Å². The van der Waals surface area contributed by atoms with Crippen LogP contribution in [0.25, 0.3) is 11.1 Å². The van der Waals surface area contributed by atoms with E-state index in [4.69, 9.17) is 37.2 Å². The lowest BCUT2D eigenvalue weighted by Crippen LogP contribution is -2.49. The second-order valence-corrected chi connectivity index (χ2v) is 9.35. The predicted molar refractivity (Wildman–Crippen MR) is 132 cm³/mol. The van der Waals surface area contributed by atoms with Crippen LogP contribution in [0.2, 0.25) is 10.0 Å². The lowest BCUT2D eigenvalue weighted by atomic mass is 9.96. The molecular weight excluding hydrogens is 528 g/mol. The first-order chi connectivity index (χ1) is 17.6. The molecule has 2 N–H and O–H groups in total. The maximum Gasteiger partial charge on any atom is 0.340 e. The van der Waals surface area contributed by atoms with Crippen molar-refractivity contribution in [3.8, 4) is 17.0 Å². The fourth-order valence-electron chi connectivity index (χ4n) is 3.84. The smallest absolute Gasteiger partial charge is 0.340 e. The molecule has 0 unspecified atom stereocenters. The van der Waals surface area contributed by atoms with Crippen molar-refractivity contribution in [2.24, 2.45) is 0 Å². The van der Waals surface area contributed by atoms with Crippen molar-refractivity contribution >= 4 is 41.0 Å². The van der Waals surface area contributed by atoms with Gasteiger partial charge in [-0.3, -0.25) is 9.59 Å². The van der Waals surface area contributed by atoms with Gasteiger partial charge in [0.15, 0.2) is 0 Å². The summed E-state index contributed by atoms with van der Waals surface area (Å²) in [6.07, 6.45) is 0.825. The Morgan fingerprint density at radius 2 is 1.86 bits per heavy atom. The van der Waals surface area contributed by atoms with Gasteiger partial charge in [-0.1, -0.05) is 35.3 Å². The van der Waals surface area contributed by atoms with Gasteiger partial charge in [0, 0.05) is 10.6 Å². The average molecular weight is 550 g/mol. The van der Waals surface area contributed by atoms with E-state index in [-0.39, 0.29) is 32.8 Å². The Bertz CT molecular complexity index is 1390. The zero-order valence-corrected chi connectivity index (χ0v) is 21.5. The van der Waals surface area contributed by atoms with E-state index in [1.54, 1.807) is 13.0 Å². The number of hydrogen-bond donors (Lipinski definition) is 2. The Morgan fingerprint density at radius 1 is 1.14 bits per heavy atom. The maximum atomic E-state index is 15.2. The Hall–Kier alpha value is -3.63. The SMILES string of the molecule is COC(=O)c1c(Cl)cc(Cl)cc1-c1ccc([C@@H](C)NC(=O)C2(NC(=O)c3cc(OC)no3)CC2)c(F)c1. The Balaban J connectivity index is 1.51. The molecule has 0 radical (unpaired) electrons. The normalized spacial score (nSPS) is 14.4. The van der Waals surface area contributed by atoms with E-state index in [0.717, 1.165) is 0 Å². The average Bonchev–Trinajstić information content (AvgIpc) is 3.48. The van der Waals surface area contributed by atoms with Crippen molar-refractivity contribution < 1.29 is 32.8 Å². The van der Waals surface area contributed by atoms with Crippen LogP contribution in [0.4, 0.5) is 4.39 Å². The van der Waals surface area contributed by atoms with E-state index < -0.39 is 35.2 Å². The molecule has 194 valence electrons. The number of carbonyl (C=O) groups is 3. The molecule has 1 aliphatic carbocycles. The van der Waals surface area contributed by atoms with Crippen molar-refractivity contribution in [1.29, 1.82) is 0 Å². The van der Waals surface area contributed by atoms with Crippen LogP contribution in [0, 0.1) is 5.82 Å². The minimum absolute atomic E-state index is 0.0536. The third kappa shape index (κ3) is 5.40. The van der Waals surface area contributed by atoms with Gasteiger partial charge < -0.3 is 24.6 Å². The fraction of sp³-hybridized carbons (Fsp3) is 0.280. The Kier molecular flexibility index (Phi) is 7.42. The number of benzene rings is 2. The van der Waals surface area contributed by atoms with E-state index >= 15 is 4.39 Å². The van der Waals surface area contributed by atoms with Crippen molar-refractivity contribution in [3.05, 3.63) is 69.1 Å². The molecular formula is C25H22Cl2FN3O6. The maximum absolute atomic E-state index is 15.2. The number of aromatic nitrogens is 1. The molecule has 1 atom stereocenters. The second kappa shape index (κ2) is 10.4. The number of nitrogens with zero attached hydrogens (tertiary/aromatic N) is 1. The van der Waals surface area contributed by atoms with Gasteiger partial charge in [0.1, 0.15) is 11.4 Å². The summed E-state index contributed by atoms with van der Waals surface area (Å²) in [5.74, 6) is -2.36. The molecule has 4 rings (SSSR count). The van der Waals surface area contributed by atoms with Crippen LogP contribution in [0.1, 0.15) is 52.3 Å². The second-order valence-electron chi connectivity index (χ2n) is 8.50. The largest absolute Gasteiger partial charge is 0.479 e. The Morgan fingerprint density at radius 3 is 2.46 bits per heavy atom. The van der Waals surface area contributed by atoms with Gasteiger partial charge in [-0.25, -0.2) is 9.18 Å². The lowest BCUT2D eigenvalue weighted by molar-refractivity contribution is -0.124. The number of ether oxygens (including phenoxy) is 2. The summed E-state index contributed by atoms with van der Waals surface area (Å²) < 4.78 is 29.8. The molecule has 2 amide bonds. The number of carbonyl (C=O) groups excluding carboxylic acids is 3. The topological polar surface area (TPSA) is 120 Å². The molecule has 9 nitrogen and oxygen atoms in total. The lowest BCUT2D eigenvalue weighted by Gasteiger charge is -2.21. The van der Waals surface area contributed by atoms with E-state index in [2.05, 4.69) is 15.8 Å². The molecule has 0 saturated heterocycles. The highest BCUT2D eigenvalue weighted by atomic mass is 35.5. The van der Waals surface area contributed by atoms with Gasteiger partial charge in [-0.15, -0.1) is 0 Å². The standard InChI is InChI=1S/C25H22Cl2FN3O6/c1-12(29-24(34)25(6-7-25)30-22(32)19-11-20(35-2)31-37-19)15-5-4-13(8-18(15)28)16-9-14(26)10-17(27)21(16)23(33)36-3/h4-5,8-12H,6-7H2,1-3H3,(H,29,34)(H,30,32)/t12-/m1/s1. The van der Waals surface area contributed by atoms with Gasteiger partial charge in [0.25, 0.3) is 11.8 Å². The molecule has 1 aromatic heterocycles. The summed E-state index contributed by atoms with van der Waals surface area (Å²) in [6.45, 7) is 1.62. The highest BCUT2D eigenvalue weighted by molar-refractivity contribution is 6.37. The van der Waals surface area contributed by atoms with E-state index in [0.29, 0.717) is 24.0 Å². The molecule has 3 aromatic rings. The number of hydrogen-bond acceptors (Lipinski definition) is 7. The molecule has 1 aliphatic rings. The Labute approximate surface area is 221 Å². The van der Waals surface area contributed by atoms with Gasteiger partial charge in [0.2, 0.25) is 11.7 Å². The van der Waals surface area contributed by atoms with Crippen LogP contribution >= 0.6 is 23.2 Å². The number of amides is 2. The zero-order valence-electron chi connectivity index (χ0n) is 20.0. The molecule has 1 saturated carbocycles. The van der Waals surface area contributed by atoms with Crippen LogP contribution in [-0.4, -0.2) is 42.7 Å². The molecule has 37 heavy (non-hydrogen) atoms. The summed E-state index contributed by atoms with van der Waals surface area (Å²) in [7, 11) is 2.59. The van der Waals surface area contributed by atoms with Crippen molar-refractivity contribution in [3.63, 3.8) is 0 Å². The highest BCUT2D eigenvalue weighted by Gasteiger charge is 2.52. The van der Waals surface area contributed by atoms with Crippen molar-refractivity contribution in [2.75, 3.05) is 14.2 Å². The minimum atomic E-state index is -1.13. The molecule has 0 aliphatic heterocycles. The molecule has 0 bridgehead atoms. The van der Waals surface area contributed by atoms with Gasteiger partial charge in [-0.05, 0) is 54.2 Å².